The summed E-state index contributed by atoms with van der Waals surface area (Å²) in [6.07, 6.45) is -0.768. The Hall–Kier alpha value is -2.42. The van der Waals surface area contributed by atoms with E-state index in [1.54, 1.807) is 13.0 Å². The first-order chi connectivity index (χ1) is 13.8. The fraction of sp³-hybridized carbons (Fsp3) is 0.250. The molecule has 0 saturated heterocycles. The molecule has 2 aromatic carbocycles. The van der Waals surface area contributed by atoms with Gasteiger partial charge in [-0.2, -0.15) is 0 Å². The number of carbonyl (C=O) groups is 1. The van der Waals surface area contributed by atoms with E-state index in [4.69, 9.17) is 16.3 Å². The van der Waals surface area contributed by atoms with Crippen LogP contribution in [0.5, 0.6) is 0 Å². The summed E-state index contributed by atoms with van der Waals surface area (Å²) in [6, 6.07) is 8.59. The summed E-state index contributed by atoms with van der Waals surface area (Å²) in [5.41, 5.74) is 0.962. The number of benzene rings is 2. The van der Waals surface area contributed by atoms with Gasteiger partial charge in [0.2, 0.25) is 0 Å². The van der Waals surface area contributed by atoms with Crippen LogP contribution in [0.2, 0.25) is 5.02 Å². The second kappa shape index (κ2) is 8.94. The summed E-state index contributed by atoms with van der Waals surface area (Å²) in [6.45, 7) is 1.63. The van der Waals surface area contributed by atoms with E-state index in [1.165, 1.54) is 53.8 Å². The third kappa shape index (κ3) is 4.77. The highest BCUT2D eigenvalue weighted by Gasteiger charge is 2.16. The molecular formula is C20H18ClFN2O4S. The molecule has 0 aliphatic carbocycles. The largest absolute Gasteiger partial charge is 0.465 e. The zero-order valence-electron chi connectivity index (χ0n) is 15.7. The second-order valence-electron chi connectivity index (χ2n) is 6.41. The number of methoxy groups -OCH3 is 1. The quantitative estimate of drug-likeness (QED) is 0.361. The van der Waals surface area contributed by atoms with Crippen molar-refractivity contribution in [3.8, 4) is 0 Å². The van der Waals surface area contributed by atoms with E-state index in [2.05, 4.69) is 4.98 Å². The van der Waals surface area contributed by atoms with Gasteiger partial charge in [-0.15, -0.1) is 0 Å². The molecule has 29 heavy (non-hydrogen) atoms. The smallest absolute Gasteiger partial charge is 0.337 e. The highest BCUT2D eigenvalue weighted by Crippen LogP contribution is 2.27. The Morgan fingerprint density at radius 3 is 2.76 bits per heavy atom. The average Bonchev–Trinajstić information content (AvgIpc) is 2.68. The summed E-state index contributed by atoms with van der Waals surface area (Å²) in [7, 11) is 1.27. The summed E-state index contributed by atoms with van der Waals surface area (Å²) in [5, 5.41) is 10.8. The topological polar surface area (TPSA) is 81.4 Å². The summed E-state index contributed by atoms with van der Waals surface area (Å²) >= 11 is 7.31. The zero-order valence-corrected chi connectivity index (χ0v) is 17.3. The van der Waals surface area contributed by atoms with Crippen molar-refractivity contribution in [1.82, 2.24) is 9.55 Å². The lowest BCUT2D eigenvalue weighted by Crippen LogP contribution is -2.28. The molecule has 3 aromatic rings. The third-order valence-corrected chi connectivity index (χ3v) is 5.54. The van der Waals surface area contributed by atoms with Crippen molar-refractivity contribution in [3.05, 3.63) is 68.7 Å². The van der Waals surface area contributed by atoms with E-state index in [0.29, 0.717) is 27.4 Å². The molecule has 0 saturated carbocycles. The first-order valence-electron chi connectivity index (χ1n) is 8.68. The fourth-order valence-electron chi connectivity index (χ4n) is 2.76. The lowest BCUT2D eigenvalue weighted by atomic mass is 10.1. The number of aromatic nitrogens is 2. The summed E-state index contributed by atoms with van der Waals surface area (Å²) < 4.78 is 19.4. The number of ether oxygens (including phenoxy) is 1. The van der Waals surface area contributed by atoms with Crippen LogP contribution in [0.15, 0.2) is 46.3 Å². The van der Waals surface area contributed by atoms with Gasteiger partial charge >= 0.3 is 5.97 Å². The van der Waals surface area contributed by atoms with Crippen LogP contribution in [0.25, 0.3) is 10.9 Å². The number of thioether (sulfide) groups is 1. The maximum atomic E-state index is 13.3. The molecule has 0 fully saturated rings. The van der Waals surface area contributed by atoms with Gasteiger partial charge in [-0.1, -0.05) is 29.4 Å². The van der Waals surface area contributed by atoms with Gasteiger partial charge in [-0.25, -0.2) is 14.2 Å². The van der Waals surface area contributed by atoms with E-state index >= 15 is 0 Å². The van der Waals surface area contributed by atoms with Gasteiger partial charge < -0.3 is 9.84 Å². The number of aliphatic hydroxyl groups excluding tert-OH is 1. The first-order valence-corrected chi connectivity index (χ1v) is 10.0. The molecule has 1 N–H and O–H groups in total. The predicted molar refractivity (Wildman–Crippen MR) is 110 cm³/mol. The number of aliphatic hydroxyl groups is 1. The van der Waals surface area contributed by atoms with Crippen molar-refractivity contribution in [1.29, 1.82) is 0 Å². The van der Waals surface area contributed by atoms with Crippen LogP contribution in [-0.2, 0) is 17.0 Å². The highest BCUT2D eigenvalue weighted by atomic mass is 35.5. The minimum Gasteiger partial charge on any atom is -0.465 e. The Labute approximate surface area is 175 Å². The minimum absolute atomic E-state index is 0.0556. The standard InChI is InChI=1S/C20H18ClFN2O4S/c1-11(25)9-24-18(26)15-6-4-12(19(27)28-2)7-17(15)23-20(24)29-10-13-3-5-14(22)8-16(13)21/h3-8,11,25H,9-10H2,1-2H3/t11-/m0/s1. The Kier molecular flexibility index (Phi) is 6.56. The lowest BCUT2D eigenvalue weighted by Gasteiger charge is -2.15. The Bertz CT molecular complexity index is 1130. The van der Waals surface area contributed by atoms with Gasteiger partial charge in [0.25, 0.3) is 5.56 Å². The van der Waals surface area contributed by atoms with Crippen LogP contribution in [0.1, 0.15) is 22.8 Å². The summed E-state index contributed by atoms with van der Waals surface area (Å²) in [4.78, 5) is 29.3. The van der Waals surface area contributed by atoms with Crippen molar-refractivity contribution >= 4 is 40.2 Å². The van der Waals surface area contributed by atoms with Gasteiger partial charge in [0.1, 0.15) is 5.82 Å². The number of esters is 1. The molecule has 152 valence electrons. The van der Waals surface area contributed by atoms with E-state index in [9.17, 15) is 19.1 Å². The third-order valence-electron chi connectivity index (χ3n) is 4.16. The summed E-state index contributed by atoms with van der Waals surface area (Å²) in [5.74, 6) is -0.629. The highest BCUT2D eigenvalue weighted by molar-refractivity contribution is 7.98. The van der Waals surface area contributed by atoms with Crippen LogP contribution in [0.3, 0.4) is 0 Å². The van der Waals surface area contributed by atoms with Crippen molar-refractivity contribution in [2.45, 2.75) is 30.5 Å². The van der Waals surface area contributed by atoms with Crippen molar-refractivity contribution in [2.75, 3.05) is 7.11 Å². The molecule has 0 aliphatic rings. The number of nitrogens with zero attached hydrogens (tertiary/aromatic N) is 2. The molecule has 1 atom stereocenters. The number of halogens is 2. The van der Waals surface area contributed by atoms with E-state index in [0.717, 1.165) is 0 Å². The molecule has 0 unspecified atom stereocenters. The van der Waals surface area contributed by atoms with Crippen molar-refractivity contribution in [2.24, 2.45) is 0 Å². The molecule has 0 radical (unpaired) electrons. The molecule has 1 heterocycles. The van der Waals surface area contributed by atoms with E-state index in [1.807, 2.05) is 0 Å². The molecular weight excluding hydrogens is 419 g/mol. The molecule has 0 spiro atoms. The maximum Gasteiger partial charge on any atom is 0.337 e. The molecule has 0 amide bonds. The van der Waals surface area contributed by atoms with Crippen LogP contribution in [-0.4, -0.2) is 33.8 Å². The maximum absolute atomic E-state index is 13.3. The number of hydrogen-bond acceptors (Lipinski definition) is 6. The van der Waals surface area contributed by atoms with E-state index in [-0.39, 0.29) is 22.7 Å². The van der Waals surface area contributed by atoms with E-state index < -0.39 is 17.9 Å². The Morgan fingerprint density at radius 2 is 2.10 bits per heavy atom. The van der Waals surface area contributed by atoms with Crippen LogP contribution in [0, 0.1) is 5.82 Å². The number of carbonyl (C=O) groups excluding carboxylic acids is 1. The first kappa shape index (κ1) is 21.3. The van der Waals surface area contributed by atoms with Gasteiger partial charge in [0.05, 0.1) is 36.2 Å². The van der Waals surface area contributed by atoms with Gasteiger partial charge in [-0.05, 0) is 42.8 Å². The Balaban J connectivity index is 2.06. The van der Waals surface area contributed by atoms with Crippen molar-refractivity contribution in [3.63, 3.8) is 0 Å². The molecule has 6 nitrogen and oxygen atoms in total. The average molecular weight is 437 g/mol. The van der Waals surface area contributed by atoms with Crippen molar-refractivity contribution < 1.29 is 19.0 Å². The number of hydrogen-bond donors (Lipinski definition) is 1. The number of fused-ring (bicyclic) bond motifs is 1. The van der Waals surface area contributed by atoms with Crippen LogP contribution < -0.4 is 5.56 Å². The van der Waals surface area contributed by atoms with Gasteiger partial charge in [0.15, 0.2) is 5.16 Å². The normalized spacial score (nSPS) is 12.2. The monoisotopic (exact) mass is 436 g/mol. The number of rotatable bonds is 6. The predicted octanol–water partition coefficient (Wildman–Crippen LogP) is 3.65. The van der Waals surface area contributed by atoms with Gasteiger partial charge in [-0.3, -0.25) is 9.36 Å². The molecule has 0 aliphatic heterocycles. The van der Waals surface area contributed by atoms with Gasteiger partial charge in [0, 0.05) is 10.8 Å². The minimum atomic E-state index is -0.768. The molecule has 1 aromatic heterocycles. The second-order valence-corrected chi connectivity index (χ2v) is 7.76. The SMILES string of the molecule is COC(=O)c1ccc2c(=O)n(C[C@H](C)O)c(SCc3ccc(F)cc3Cl)nc2c1. The Morgan fingerprint density at radius 1 is 1.34 bits per heavy atom. The van der Waals surface area contributed by atoms with Crippen LogP contribution >= 0.6 is 23.4 Å². The lowest BCUT2D eigenvalue weighted by molar-refractivity contribution is 0.0601. The zero-order chi connectivity index (χ0) is 21.1. The fourth-order valence-corrected chi connectivity index (χ4v) is 4.09. The van der Waals surface area contributed by atoms with Crippen LogP contribution in [0.4, 0.5) is 4.39 Å². The molecule has 3 rings (SSSR count). The molecule has 0 bridgehead atoms. The molecule has 9 heteroatoms.